The fraction of sp³-hybridized carbons (Fsp3) is 0.333. The lowest BCUT2D eigenvalue weighted by molar-refractivity contribution is -0.118. The van der Waals surface area contributed by atoms with Gasteiger partial charge in [-0.2, -0.15) is 4.31 Å². The first-order chi connectivity index (χ1) is 7.89. The molecule has 8 heteroatoms. The first-order valence-corrected chi connectivity index (χ1v) is 6.32. The van der Waals surface area contributed by atoms with Crippen LogP contribution in [-0.2, 0) is 14.8 Å². The van der Waals surface area contributed by atoms with E-state index in [-0.39, 0.29) is 23.8 Å². The lowest BCUT2D eigenvalue weighted by Crippen LogP contribution is -2.38. The topological polar surface area (TPSA) is 119 Å². The monoisotopic (exact) mass is 258 g/mol. The number of amides is 1. The number of anilines is 1. The van der Waals surface area contributed by atoms with Crippen molar-refractivity contribution in [1.29, 1.82) is 0 Å². The molecule has 0 aliphatic rings. The van der Waals surface area contributed by atoms with Crippen LogP contribution >= 0.6 is 0 Å². The maximum absolute atomic E-state index is 12.1. The number of sulfonamides is 1. The van der Waals surface area contributed by atoms with Crippen molar-refractivity contribution in [3.8, 4) is 0 Å². The molecule has 7 nitrogen and oxygen atoms in total. The number of likely N-dealkylation sites (N-methyl/N-ethyl adjacent to an activating group) is 1. The zero-order valence-corrected chi connectivity index (χ0v) is 10.1. The van der Waals surface area contributed by atoms with Crippen molar-refractivity contribution in [1.82, 2.24) is 9.29 Å². The van der Waals surface area contributed by atoms with Crippen LogP contribution < -0.4 is 11.5 Å². The number of nitrogen functional groups attached to an aromatic ring is 1. The molecule has 0 unspecified atom stereocenters. The summed E-state index contributed by atoms with van der Waals surface area (Å²) in [5.41, 5.74) is 10.5. The Labute approximate surface area is 99.5 Å². The zero-order chi connectivity index (χ0) is 13.1. The lowest BCUT2D eigenvalue weighted by Gasteiger charge is -2.19. The van der Waals surface area contributed by atoms with Crippen molar-refractivity contribution in [2.45, 2.75) is 11.8 Å². The average Bonchev–Trinajstić information content (AvgIpc) is 2.25. The quantitative estimate of drug-likeness (QED) is 0.713. The Morgan fingerprint density at radius 2 is 2.18 bits per heavy atom. The molecule has 1 aromatic rings. The molecule has 0 radical (unpaired) electrons. The number of carbonyl (C=O) groups excluding carboxylic acids is 1. The van der Waals surface area contributed by atoms with E-state index in [0.29, 0.717) is 0 Å². The van der Waals surface area contributed by atoms with Gasteiger partial charge >= 0.3 is 0 Å². The Bertz CT molecular complexity index is 515. The Morgan fingerprint density at radius 3 is 2.65 bits per heavy atom. The highest BCUT2D eigenvalue weighted by Gasteiger charge is 2.26. The summed E-state index contributed by atoms with van der Waals surface area (Å²) in [6.07, 6.45) is 1.39. The average molecular weight is 258 g/mol. The van der Waals surface area contributed by atoms with Gasteiger partial charge in [0.1, 0.15) is 10.7 Å². The zero-order valence-electron chi connectivity index (χ0n) is 9.33. The molecule has 0 aliphatic carbocycles. The second-order valence-corrected chi connectivity index (χ2v) is 5.19. The summed E-state index contributed by atoms with van der Waals surface area (Å²) >= 11 is 0. The third kappa shape index (κ3) is 2.92. The van der Waals surface area contributed by atoms with Crippen LogP contribution in [-0.4, -0.2) is 36.7 Å². The van der Waals surface area contributed by atoms with Gasteiger partial charge in [-0.15, -0.1) is 0 Å². The van der Waals surface area contributed by atoms with Gasteiger partial charge in [-0.25, -0.2) is 13.4 Å². The lowest BCUT2D eigenvalue weighted by atomic mass is 10.5. The van der Waals surface area contributed by atoms with Crippen LogP contribution in [0.2, 0.25) is 0 Å². The van der Waals surface area contributed by atoms with E-state index in [0.717, 1.165) is 4.31 Å². The van der Waals surface area contributed by atoms with Crippen LogP contribution in [0.25, 0.3) is 0 Å². The summed E-state index contributed by atoms with van der Waals surface area (Å²) < 4.78 is 25.2. The number of rotatable bonds is 5. The maximum atomic E-state index is 12.1. The molecule has 17 heavy (non-hydrogen) atoms. The van der Waals surface area contributed by atoms with E-state index in [9.17, 15) is 13.2 Å². The molecule has 0 spiro atoms. The molecule has 0 saturated carbocycles. The van der Waals surface area contributed by atoms with Crippen molar-refractivity contribution in [3.63, 3.8) is 0 Å². The van der Waals surface area contributed by atoms with E-state index >= 15 is 0 Å². The molecule has 4 N–H and O–H groups in total. The second kappa shape index (κ2) is 5.11. The normalized spacial score (nSPS) is 11.6. The third-order valence-corrected chi connectivity index (χ3v) is 4.07. The summed E-state index contributed by atoms with van der Waals surface area (Å²) in [5.74, 6) is -0.826. The molecule has 0 aliphatic heterocycles. The Kier molecular flexibility index (Phi) is 4.02. The first kappa shape index (κ1) is 13.4. The van der Waals surface area contributed by atoms with E-state index in [1.807, 2.05) is 0 Å². The van der Waals surface area contributed by atoms with E-state index in [4.69, 9.17) is 11.5 Å². The van der Waals surface area contributed by atoms with E-state index < -0.39 is 15.9 Å². The highest BCUT2D eigenvalue weighted by Crippen LogP contribution is 2.19. The van der Waals surface area contributed by atoms with Crippen LogP contribution in [0.3, 0.4) is 0 Å². The molecule has 0 atom stereocenters. The molecule has 94 valence electrons. The molecule has 1 heterocycles. The largest absolute Gasteiger partial charge is 0.383 e. The van der Waals surface area contributed by atoms with Crippen LogP contribution in [0.4, 0.5) is 5.82 Å². The van der Waals surface area contributed by atoms with E-state index in [1.54, 1.807) is 6.92 Å². The van der Waals surface area contributed by atoms with Crippen LogP contribution in [0, 0.1) is 0 Å². The second-order valence-electron chi connectivity index (χ2n) is 3.28. The summed E-state index contributed by atoms with van der Waals surface area (Å²) in [5, 5.41) is 0. The molecule has 1 rings (SSSR count). The van der Waals surface area contributed by atoms with Gasteiger partial charge in [-0.3, -0.25) is 4.79 Å². The fourth-order valence-corrected chi connectivity index (χ4v) is 2.78. The standard InChI is InChI=1S/C9H14N4O3S/c1-2-13(6-8(10)14)17(15,16)7-4-3-5-12-9(7)11/h3-5H,2,6H2,1H3,(H2,10,14)(H2,11,12). The minimum absolute atomic E-state index is 0.101. The summed E-state index contributed by atoms with van der Waals surface area (Å²) in [7, 11) is -3.83. The van der Waals surface area contributed by atoms with Crippen LogP contribution in [0.15, 0.2) is 23.2 Å². The van der Waals surface area contributed by atoms with Gasteiger partial charge in [0.25, 0.3) is 0 Å². The van der Waals surface area contributed by atoms with Crippen LogP contribution in [0.5, 0.6) is 0 Å². The van der Waals surface area contributed by atoms with Crippen molar-refractivity contribution >= 4 is 21.7 Å². The van der Waals surface area contributed by atoms with Gasteiger partial charge in [0.15, 0.2) is 0 Å². The Balaban J connectivity index is 3.18. The number of carbonyl (C=O) groups is 1. The fourth-order valence-electron chi connectivity index (χ4n) is 1.30. The van der Waals surface area contributed by atoms with Crippen molar-refractivity contribution < 1.29 is 13.2 Å². The van der Waals surface area contributed by atoms with Crippen LogP contribution in [0.1, 0.15) is 6.92 Å². The number of nitrogens with zero attached hydrogens (tertiary/aromatic N) is 2. The number of primary amides is 1. The highest BCUT2D eigenvalue weighted by molar-refractivity contribution is 7.89. The first-order valence-electron chi connectivity index (χ1n) is 4.88. The third-order valence-electron chi connectivity index (χ3n) is 2.10. The van der Waals surface area contributed by atoms with Gasteiger partial charge in [0.05, 0.1) is 6.54 Å². The van der Waals surface area contributed by atoms with Crippen molar-refractivity contribution in [2.75, 3.05) is 18.8 Å². The number of aromatic nitrogens is 1. The predicted octanol–water partition coefficient (Wildman–Crippen LogP) is -0.840. The molecule has 1 amide bonds. The summed E-state index contributed by atoms with van der Waals surface area (Å²) in [6, 6.07) is 2.79. The molecule has 1 aromatic heterocycles. The summed E-state index contributed by atoms with van der Waals surface area (Å²) in [6.45, 7) is 1.35. The van der Waals surface area contributed by atoms with Crippen molar-refractivity contribution in [3.05, 3.63) is 18.3 Å². The minimum Gasteiger partial charge on any atom is -0.383 e. The van der Waals surface area contributed by atoms with E-state index in [2.05, 4.69) is 4.98 Å². The Hall–Kier alpha value is -1.67. The number of pyridine rings is 1. The van der Waals surface area contributed by atoms with Gasteiger partial charge < -0.3 is 11.5 Å². The predicted molar refractivity (Wildman–Crippen MR) is 62.3 cm³/mol. The molecule has 0 saturated heterocycles. The molecular formula is C9H14N4O3S. The smallest absolute Gasteiger partial charge is 0.247 e. The van der Waals surface area contributed by atoms with Gasteiger partial charge in [0.2, 0.25) is 15.9 Å². The van der Waals surface area contributed by atoms with E-state index in [1.165, 1.54) is 18.3 Å². The minimum atomic E-state index is -3.83. The SMILES string of the molecule is CCN(CC(N)=O)S(=O)(=O)c1cccnc1N. The summed E-state index contributed by atoms with van der Waals surface area (Å²) in [4.78, 5) is 14.4. The van der Waals surface area contributed by atoms with Gasteiger partial charge in [-0.05, 0) is 12.1 Å². The highest BCUT2D eigenvalue weighted by atomic mass is 32.2. The van der Waals surface area contributed by atoms with Gasteiger partial charge in [-0.1, -0.05) is 6.92 Å². The molecule has 0 fully saturated rings. The number of hydrogen-bond acceptors (Lipinski definition) is 5. The number of nitrogens with two attached hydrogens (primary N) is 2. The molecule has 0 bridgehead atoms. The van der Waals surface area contributed by atoms with Crippen molar-refractivity contribution in [2.24, 2.45) is 5.73 Å². The number of hydrogen-bond donors (Lipinski definition) is 2. The van der Waals surface area contributed by atoms with Gasteiger partial charge in [0, 0.05) is 12.7 Å². The molecule has 0 aromatic carbocycles. The Morgan fingerprint density at radius 1 is 1.53 bits per heavy atom. The maximum Gasteiger partial charge on any atom is 0.247 e. The molecular weight excluding hydrogens is 244 g/mol.